The number of anilines is 2. The third-order valence-corrected chi connectivity index (χ3v) is 16.5. The second kappa shape index (κ2) is 16.2. The van der Waals surface area contributed by atoms with Crippen molar-refractivity contribution in [2.75, 3.05) is 17.7 Å². The van der Waals surface area contributed by atoms with Crippen molar-refractivity contribution in [1.29, 1.82) is 0 Å². The molecule has 0 aliphatic rings. The number of hydrogen-bond acceptors (Lipinski definition) is 11. The maximum absolute atomic E-state index is 13.0. The number of nitrogens with zero attached hydrogens (tertiary/aromatic N) is 2. The SMILES string of the molecule is COc1ccc(S(=O)(=O)C(C)(C)C(=O)Nc2nc(C)c(C(C)(C)C)s2)cc1.Cc1nc(NC(=O)C(C)(C)S(=O)(=O)c2cccc(C(F)(F)F)c2)sc1C(C)(C)C. The van der Waals surface area contributed by atoms with Crippen LogP contribution in [0.15, 0.2) is 58.3 Å². The van der Waals surface area contributed by atoms with E-state index in [2.05, 4.69) is 41.4 Å². The quantitative estimate of drug-likeness (QED) is 0.168. The molecule has 0 radical (unpaired) electrons. The van der Waals surface area contributed by atoms with Gasteiger partial charge in [0.2, 0.25) is 11.8 Å². The fourth-order valence-corrected chi connectivity index (χ4v) is 10.1. The Labute approximate surface area is 335 Å². The number of amides is 2. The molecule has 0 bridgehead atoms. The number of methoxy groups -OCH3 is 1. The van der Waals surface area contributed by atoms with Crippen molar-refractivity contribution in [3.8, 4) is 5.75 Å². The molecule has 0 spiro atoms. The van der Waals surface area contributed by atoms with Crippen LogP contribution in [0.25, 0.3) is 0 Å². The number of rotatable bonds is 9. The molecule has 2 N–H and O–H groups in total. The summed E-state index contributed by atoms with van der Waals surface area (Å²) in [5, 5.41) is 5.83. The Balaban J connectivity index is 0.000000301. The van der Waals surface area contributed by atoms with E-state index in [1.807, 2.05) is 27.7 Å². The molecular weight excluding hydrogens is 810 g/mol. The van der Waals surface area contributed by atoms with Crippen molar-refractivity contribution in [3.63, 3.8) is 0 Å². The minimum Gasteiger partial charge on any atom is -0.497 e. The molecule has 4 rings (SSSR count). The van der Waals surface area contributed by atoms with Gasteiger partial charge >= 0.3 is 6.18 Å². The molecule has 0 unspecified atom stereocenters. The van der Waals surface area contributed by atoms with Crippen LogP contribution in [0, 0.1) is 13.8 Å². The summed E-state index contributed by atoms with van der Waals surface area (Å²) in [4.78, 5) is 35.7. The van der Waals surface area contributed by atoms with Crippen molar-refractivity contribution in [2.45, 2.75) is 119 Å². The van der Waals surface area contributed by atoms with Crippen molar-refractivity contribution in [1.82, 2.24) is 9.97 Å². The Hall–Kier alpha value is -3.87. The van der Waals surface area contributed by atoms with Gasteiger partial charge in [0.15, 0.2) is 29.9 Å². The summed E-state index contributed by atoms with van der Waals surface area (Å²) >= 11 is 2.60. The van der Waals surface area contributed by atoms with Crippen LogP contribution in [-0.2, 0) is 46.3 Å². The molecule has 0 saturated heterocycles. The molecule has 18 heteroatoms. The van der Waals surface area contributed by atoms with E-state index in [9.17, 15) is 39.6 Å². The monoisotopic (exact) mass is 858 g/mol. The topological polar surface area (TPSA) is 161 Å². The first-order valence-electron chi connectivity index (χ1n) is 17.2. The summed E-state index contributed by atoms with van der Waals surface area (Å²) in [7, 11) is -6.81. The predicted molar refractivity (Wildman–Crippen MR) is 215 cm³/mol. The van der Waals surface area contributed by atoms with Crippen LogP contribution in [0.5, 0.6) is 5.75 Å². The van der Waals surface area contributed by atoms with Gasteiger partial charge in [0.25, 0.3) is 0 Å². The van der Waals surface area contributed by atoms with Gasteiger partial charge < -0.3 is 15.4 Å². The van der Waals surface area contributed by atoms with E-state index < -0.39 is 57.6 Å². The maximum atomic E-state index is 13.0. The van der Waals surface area contributed by atoms with Crippen molar-refractivity contribution in [2.24, 2.45) is 0 Å². The number of benzene rings is 2. The van der Waals surface area contributed by atoms with E-state index in [0.29, 0.717) is 16.9 Å². The standard InChI is InChI=1S/C19H23F3N2O3S2.C19H26N2O4S2/c1-11-14(17(2,3)4)28-16(23-11)24-15(25)18(5,6)29(26,27)13-9-7-8-12(10-13)19(20,21)22;1-12-15(18(2,3)4)26-17(20-12)21-16(22)19(5,6)27(23,24)14-10-8-13(25-7)9-11-14/h7-10H,1-6H3,(H,23,24,25);8-11H,1-7H3,(H,20,21,22). The zero-order chi connectivity index (χ0) is 43.0. The molecule has 2 amide bonds. The Morgan fingerprint density at radius 1 is 0.643 bits per heavy atom. The number of aryl methyl sites for hydroxylation is 2. The first kappa shape index (κ1) is 46.5. The average Bonchev–Trinajstić information content (AvgIpc) is 3.65. The van der Waals surface area contributed by atoms with Gasteiger partial charge in [0.05, 0.1) is 33.9 Å². The van der Waals surface area contributed by atoms with Crippen molar-refractivity contribution >= 4 is 64.4 Å². The second-order valence-electron chi connectivity index (χ2n) is 16.0. The van der Waals surface area contributed by atoms with Gasteiger partial charge in [-0.15, -0.1) is 22.7 Å². The minimum absolute atomic E-state index is 0.0640. The molecule has 4 aromatic rings. The van der Waals surface area contributed by atoms with Crippen molar-refractivity contribution in [3.05, 3.63) is 75.2 Å². The molecule has 2 aromatic heterocycles. The van der Waals surface area contributed by atoms with Gasteiger partial charge in [0, 0.05) is 9.75 Å². The molecule has 0 fully saturated rings. The summed E-state index contributed by atoms with van der Waals surface area (Å²) in [6.07, 6.45) is -4.69. The fraction of sp³-hybridized carbons (Fsp3) is 0.474. The van der Waals surface area contributed by atoms with E-state index >= 15 is 0 Å². The van der Waals surface area contributed by atoms with Crippen LogP contribution in [0.2, 0.25) is 0 Å². The number of nitrogens with one attached hydrogen (secondary N) is 2. The number of thiazole rings is 2. The number of carbonyl (C=O) groups excluding carboxylic acids is 2. The molecule has 56 heavy (non-hydrogen) atoms. The fourth-order valence-electron chi connectivity index (χ4n) is 5.21. The van der Waals surface area contributed by atoms with E-state index in [0.717, 1.165) is 53.2 Å². The number of hydrogen-bond donors (Lipinski definition) is 2. The largest absolute Gasteiger partial charge is 0.497 e. The first-order valence-corrected chi connectivity index (χ1v) is 21.8. The van der Waals surface area contributed by atoms with Crippen LogP contribution in [0.4, 0.5) is 23.4 Å². The average molecular weight is 859 g/mol. The van der Waals surface area contributed by atoms with Crippen LogP contribution < -0.4 is 15.4 Å². The van der Waals surface area contributed by atoms with Crippen molar-refractivity contribution < 1.29 is 44.3 Å². The van der Waals surface area contributed by atoms with E-state index in [1.54, 1.807) is 19.1 Å². The molecule has 2 heterocycles. The lowest BCUT2D eigenvalue weighted by Crippen LogP contribution is -2.44. The third-order valence-electron chi connectivity index (χ3n) is 8.68. The van der Waals surface area contributed by atoms with Gasteiger partial charge in [-0.1, -0.05) is 47.6 Å². The highest BCUT2D eigenvalue weighted by molar-refractivity contribution is 7.94. The Kier molecular flexibility index (Phi) is 13.4. The molecular formula is C38H49F3N4O7S4. The number of aromatic nitrogens is 2. The van der Waals surface area contributed by atoms with E-state index in [-0.39, 0.29) is 20.9 Å². The molecule has 2 aromatic carbocycles. The van der Waals surface area contributed by atoms with Gasteiger partial charge in [0.1, 0.15) is 15.2 Å². The summed E-state index contributed by atoms with van der Waals surface area (Å²) in [5.74, 6) is -0.944. The van der Waals surface area contributed by atoms with Crippen LogP contribution in [0.3, 0.4) is 0 Å². The van der Waals surface area contributed by atoms with Crippen LogP contribution >= 0.6 is 22.7 Å². The molecule has 0 atom stereocenters. The van der Waals surface area contributed by atoms with Crippen LogP contribution in [-0.4, -0.2) is 55.2 Å². The Bertz CT molecular complexity index is 2300. The minimum atomic E-state index is -4.69. The summed E-state index contributed by atoms with van der Waals surface area (Å²) in [6, 6.07) is 9.35. The maximum Gasteiger partial charge on any atom is 0.416 e. The number of halogens is 3. The molecule has 0 aliphatic carbocycles. The lowest BCUT2D eigenvalue weighted by atomic mass is 9.93. The second-order valence-corrected chi connectivity index (χ2v) is 23.0. The molecule has 308 valence electrons. The lowest BCUT2D eigenvalue weighted by Gasteiger charge is -2.23. The first-order chi connectivity index (χ1) is 25.3. The predicted octanol–water partition coefficient (Wildman–Crippen LogP) is 8.91. The van der Waals surface area contributed by atoms with Gasteiger partial charge in [-0.2, -0.15) is 13.2 Å². The number of ether oxygens (including phenoxy) is 1. The summed E-state index contributed by atoms with van der Waals surface area (Å²) in [5.41, 5.74) is 0.148. The van der Waals surface area contributed by atoms with Gasteiger partial charge in [-0.05, 0) is 94.8 Å². The Morgan fingerprint density at radius 2 is 1.04 bits per heavy atom. The highest BCUT2D eigenvalue weighted by atomic mass is 32.2. The van der Waals surface area contributed by atoms with E-state index in [1.165, 1.54) is 55.8 Å². The highest BCUT2D eigenvalue weighted by Crippen LogP contribution is 2.37. The zero-order valence-electron chi connectivity index (χ0n) is 33.6. The van der Waals surface area contributed by atoms with E-state index in [4.69, 9.17) is 4.74 Å². The molecule has 0 aliphatic heterocycles. The highest BCUT2D eigenvalue weighted by Gasteiger charge is 2.45. The summed E-state index contributed by atoms with van der Waals surface area (Å²) < 4.78 is 92.1. The molecule has 0 saturated carbocycles. The van der Waals surface area contributed by atoms with Crippen LogP contribution in [0.1, 0.15) is 95.9 Å². The normalized spacial score (nSPS) is 13.1. The summed E-state index contributed by atoms with van der Waals surface area (Å²) in [6.45, 7) is 20.9. The smallest absolute Gasteiger partial charge is 0.416 e. The lowest BCUT2D eigenvalue weighted by molar-refractivity contribution is -0.137. The number of carbonyl (C=O) groups is 2. The van der Waals surface area contributed by atoms with Gasteiger partial charge in [-0.25, -0.2) is 26.8 Å². The third kappa shape index (κ3) is 9.98. The number of alkyl halides is 3. The number of sulfone groups is 2. The van der Waals surface area contributed by atoms with Gasteiger partial charge in [-0.3, -0.25) is 9.59 Å². The zero-order valence-corrected chi connectivity index (χ0v) is 36.9. The molecule has 11 nitrogen and oxygen atoms in total. The Morgan fingerprint density at radius 3 is 1.38 bits per heavy atom.